The molecular formula is C11H13N5O4S. The zero-order valence-corrected chi connectivity index (χ0v) is 12.7. The van der Waals surface area contributed by atoms with Crippen LogP contribution in [-0.2, 0) is 7.05 Å². The summed E-state index contributed by atoms with van der Waals surface area (Å²) < 4.78 is 11.7. The number of aromatic nitrogens is 4. The molecule has 2 aromatic rings. The Hall–Kier alpha value is -2.36. The molecule has 2 rings (SSSR count). The second-order valence-corrected chi connectivity index (χ2v) is 4.90. The van der Waals surface area contributed by atoms with Crippen LogP contribution in [0.4, 0.5) is 5.82 Å². The Morgan fingerprint density at radius 2 is 1.81 bits per heavy atom. The molecule has 0 spiro atoms. The summed E-state index contributed by atoms with van der Waals surface area (Å²) in [5.41, 5.74) is 0. The molecule has 0 saturated carbocycles. The van der Waals surface area contributed by atoms with Gasteiger partial charge in [-0.1, -0.05) is 0 Å². The standard InChI is InChI=1S/C11H13N5O4S/c1-6-12-9(16(17)18)10(15(6)2)21-11-13-7(19-3)5-8(14-11)20-4/h5H,1-4H3. The van der Waals surface area contributed by atoms with Gasteiger partial charge in [0.05, 0.1) is 20.3 Å². The molecule has 2 aromatic heterocycles. The molecule has 0 aliphatic heterocycles. The fourth-order valence-electron chi connectivity index (χ4n) is 1.53. The second kappa shape index (κ2) is 5.95. The van der Waals surface area contributed by atoms with Crippen molar-refractivity contribution in [2.45, 2.75) is 17.1 Å². The van der Waals surface area contributed by atoms with E-state index in [1.54, 1.807) is 18.5 Å². The van der Waals surface area contributed by atoms with E-state index in [4.69, 9.17) is 9.47 Å². The van der Waals surface area contributed by atoms with Gasteiger partial charge in [-0.15, -0.1) is 0 Å². The first-order chi connectivity index (χ1) is 9.96. The predicted octanol–water partition coefficient (Wildman–Crippen LogP) is 1.60. The minimum absolute atomic E-state index is 0.231. The van der Waals surface area contributed by atoms with Crippen molar-refractivity contribution in [3.8, 4) is 11.8 Å². The summed E-state index contributed by atoms with van der Waals surface area (Å²) in [5, 5.41) is 11.7. The van der Waals surface area contributed by atoms with Gasteiger partial charge in [-0.25, -0.2) is 0 Å². The van der Waals surface area contributed by atoms with Gasteiger partial charge in [0.1, 0.15) is 0 Å². The first kappa shape index (κ1) is 15.0. The fraction of sp³-hybridized carbons (Fsp3) is 0.364. The van der Waals surface area contributed by atoms with E-state index in [0.717, 1.165) is 11.8 Å². The molecule has 0 unspecified atom stereocenters. The SMILES string of the molecule is COc1cc(OC)nc(Sc2c([N+](=O)[O-])nc(C)n2C)n1. The first-order valence-corrected chi connectivity index (χ1v) is 6.60. The average Bonchev–Trinajstić information content (AvgIpc) is 2.75. The quantitative estimate of drug-likeness (QED) is 0.465. The summed E-state index contributed by atoms with van der Waals surface area (Å²) in [6, 6.07) is 1.52. The Morgan fingerprint density at radius 3 is 2.29 bits per heavy atom. The summed E-state index contributed by atoms with van der Waals surface area (Å²) in [5.74, 6) is 0.918. The normalized spacial score (nSPS) is 10.5. The number of imidazole rings is 1. The van der Waals surface area contributed by atoms with Crippen LogP contribution in [0.1, 0.15) is 5.82 Å². The van der Waals surface area contributed by atoms with Crippen LogP contribution in [0.15, 0.2) is 16.2 Å². The highest BCUT2D eigenvalue weighted by molar-refractivity contribution is 7.99. The molecule has 9 nitrogen and oxygen atoms in total. The lowest BCUT2D eigenvalue weighted by molar-refractivity contribution is -0.392. The molecule has 0 atom stereocenters. The van der Waals surface area contributed by atoms with Gasteiger partial charge < -0.3 is 19.6 Å². The van der Waals surface area contributed by atoms with Gasteiger partial charge in [-0.2, -0.15) is 9.97 Å². The lowest BCUT2D eigenvalue weighted by atomic mass is 10.6. The number of hydrogen-bond acceptors (Lipinski definition) is 8. The topological polar surface area (TPSA) is 105 Å². The van der Waals surface area contributed by atoms with Crippen LogP contribution in [0.2, 0.25) is 0 Å². The molecule has 21 heavy (non-hydrogen) atoms. The maximum Gasteiger partial charge on any atom is 0.396 e. The summed E-state index contributed by atoms with van der Waals surface area (Å²) in [6.07, 6.45) is 0. The van der Waals surface area contributed by atoms with E-state index in [9.17, 15) is 10.1 Å². The average molecular weight is 311 g/mol. The van der Waals surface area contributed by atoms with Crippen molar-refractivity contribution >= 4 is 17.6 Å². The zero-order valence-electron chi connectivity index (χ0n) is 11.9. The van der Waals surface area contributed by atoms with Gasteiger partial charge >= 0.3 is 5.82 Å². The van der Waals surface area contributed by atoms with Crippen LogP contribution in [0.5, 0.6) is 11.8 Å². The summed E-state index contributed by atoms with van der Waals surface area (Å²) in [7, 11) is 4.62. The van der Waals surface area contributed by atoms with Crippen LogP contribution in [0.3, 0.4) is 0 Å². The molecule has 0 bridgehead atoms. The van der Waals surface area contributed by atoms with E-state index in [2.05, 4.69) is 15.0 Å². The molecule has 0 aromatic carbocycles. The second-order valence-electron chi connectivity index (χ2n) is 3.94. The monoisotopic (exact) mass is 311 g/mol. The number of methoxy groups -OCH3 is 2. The van der Waals surface area contributed by atoms with Crippen LogP contribution in [0, 0.1) is 17.0 Å². The molecular weight excluding hydrogens is 298 g/mol. The third-order valence-electron chi connectivity index (χ3n) is 2.69. The van der Waals surface area contributed by atoms with E-state index in [0.29, 0.717) is 22.6 Å². The number of aryl methyl sites for hydroxylation is 1. The number of nitro groups is 1. The van der Waals surface area contributed by atoms with Crippen molar-refractivity contribution in [1.82, 2.24) is 19.5 Å². The molecule has 0 N–H and O–H groups in total. The Kier molecular flexibility index (Phi) is 4.26. The van der Waals surface area contributed by atoms with Crippen molar-refractivity contribution in [2.75, 3.05) is 14.2 Å². The maximum atomic E-state index is 11.0. The molecule has 0 saturated heterocycles. The van der Waals surface area contributed by atoms with Crippen LogP contribution in [0.25, 0.3) is 0 Å². The van der Waals surface area contributed by atoms with E-state index in [1.165, 1.54) is 20.3 Å². The summed E-state index contributed by atoms with van der Waals surface area (Å²) in [4.78, 5) is 22.7. The Labute approximate surface area is 124 Å². The fourth-order valence-corrected chi connectivity index (χ4v) is 2.46. The van der Waals surface area contributed by atoms with Crippen molar-refractivity contribution in [2.24, 2.45) is 7.05 Å². The van der Waals surface area contributed by atoms with Gasteiger partial charge in [0.25, 0.3) is 0 Å². The number of hydrogen-bond donors (Lipinski definition) is 0. The molecule has 0 fully saturated rings. The summed E-state index contributed by atoms with van der Waals surface area (Å²) in [6.45, 7) is 1.68. The molecule has 2 heterocycles. The van der Waals surface area contributed by atoms with Gasteiger partial charge in [0.15, 0.2) is 5.03 Å². The van der Waals surface area contributed by atoms with Crippen LogP contribution >= 0.6 is 11.8 Å². The van der Waals surface area contributed by atoms with Gasteiger partial charge in [0.2, 0.25) is 22.7 Å². The summed E-state index contributed by atoms with van der Waals surface area (Å²) >= 11 is 1.03. The van der Waals surface area contributed by atoms with Crippen molar-refractivity contribution in [1.29, 1.82) is 0 Å². The lowest BCUT2D eigenvalue weighted by Gasteiger charge is -2.06. The minimum Gasteiger partial charge on any atom is -0.481 e. The van der Waals surface area contributed by atoms with Gasteiger partial charge in [-0.3, -0.25) is 4.57 Å². The maximum absolute atomic E-state index is 11.0. The number of nitrogens with zero attached hydrogens (tertiary/aromatic N) is 5. The third kappa shape index (κ3) is 3.05. The van der Waals surface area contributed by atoms with E-state index < -0.39 is 4.92 Å². The van der Waals surface area contributed by atoms with E-state index in [-0.39, 0.29) is 11.0 Å². The van der Waals surface area contributed by atoms with E-state index in [1.807, 2.05) is 0 Å². The lowest BCUT2D eigenvalue weighted by Crippen LogP contribution is -1.99. The molecule has 0 aliphatic rings. The predicted molar refractivity (Wildman–Crippen MR) is 73.9 cm³/mol. The molecule has 112 valence electrons. The van der Waals surface area contributed by atoms with Gasteiger partial charge in [-0.05, 0) is 21.7 Å². The van der Waals surface area contributed by atoms with Crippen LogP contribution < -0.4 is 9.47 Å². The van der Waals surface area contributed by atoms with Crippen LogP contribution in [-0.4, -0.2) is 38.7 Å². The van der Waals surface area contributed by atoms with Crippen molar-refractivity contribution in [3.05, 3.63) is 22.0 Å². The first-order valence-electron chi connectivity index (χ1n) is 5.79. The molecule has 10 heteroatoms. The van der Waals surface area contributed by atoms with Gasteiger partial charge in [0, 0.05) is 14.0 Å². The van der Waals surface area contributed by atoms with Crippen molar-refractivity contribution < 1.29 is 14.4 Å². The molecule has 0 aliphatic carbocycles. The van der Waals surface area contributed by atoms with E-state index >= 15 is 0 Å². The molecule has 0 radical (unpaired) electrons. The third-order valence-corrected chi connectivity index (χ3v) is 3.70. The minimum atomic E-state index is -0.535. The molecule has 0 amide bonds. The Morgan fingerprint density at radius 1 is 1.24 bits per heavy atom. The zero-order chi connectivity index (χ0) is 15.6. The highest BCUT2D eigenvalue weighted by atomic mass is 32.2. The highest BCUT2D eigenvalue weighted by Gasteiger charge is 2.25. The highest BCUT2D eigenvalue weighted by Crippen LogP contribution is 2.34. The Balaban J connectivity index is 2.45. The van der Waals surface area contributed by atoms with Crippen molar-refractivity contribution in [3.63, 3.8) is 0 Å². The number of rotatable bonds is 5. The Bertz CT molecular complexity index is 665. The smallest absolute Gasteiger partial charge is 0.396 e. The number of ether oxygens (including phenoxy) is 2. The largest absolute Gasteiger partial charge is 0.481 e.